The number of benzene rings is 3. The van der Waals surface area contributed by atoms with Crippen LogP contribution in [0, 0.1) is 0 Å². The number of rotatable bonds is 4. The van der Waals surface area contributed by atoms with Gasteiger partial charge in [0.25, 0.3) is 0 Å². The highest BCUT2D eigenvalue weighted by Crippen LogP contribution is 2.23. The van der Waals surface area contributed by atoms with E-state index in [4.69, 9.17) is 0 Å². The molecule has 0 unspecified atom stereocenters. The number of nitrogens with one attached hydrogen (secondary N) is 1. The van der Waals surface area contributed by atoms with Crippen LogP contribution in [0.4, 0.5) is 0 Å². The molecule has 0 spiro atoms. The summed E-state index contributed by atoms with van der Waals surface area (Å²) in [5.74, 6) is -0.0886. The molecule has 1 atom stereocenters. The smallest absolute Gasteiger partial charge is 0.244 e. The van der Waals surface area contributed by atoms with Crippen molar-refractivity contribution < 1.29 is 4.79 Å². The van der Waals surface area contributed by atoms with Crippen LogP contribution in [0.25, 0.3) is 16.8 Å². The summed E-state index contributed by atoms with van der Waals surface area (Å²) in [4.78, 5) is 12.1. The van der Waals surface area contributed by atoms with Crippen LogP contribution in [-0.4, -0.2) is 5.91 Å². The van der Waals surface area contributed by atoms with E-state index in [1.807, 2.05) is 61.5 Å². The maximum absolute atomic E-state index is 12.1. The second-order valence-corrected chi connectivity index (χ2v) is 5.54. The Morgan fingerprint density at radius 3 is 2.43 bits per heavy atom. The lowest BCUT2D eigenvalue weighted by Gasteiger charge is -2.15. The molecule has 114 valence electrons. The van der Waals surface area contributed by atoms with Crippen LogP contribution < -0.4 is 5.32 Å². The average molecular weight is 301 g/mol. The number of fused-ring (bicyclic) bond motifs is 1. The summed E-state index contributed by atoms with van der Waals surface area (Å²) in [6.07, 6.45) is 3.40. The molecule has 0 fully saturated rings. The van der Waals surface area contributed by atoms with Gasteiger partial charge in [-0.25, -0.2) is 0 Å². The molecule has 0 saturated heterocycles. The van der Waals surface area contributed by atoms with E-state index < -0.39 is 0 Å². The summed E-state index contributed by atoms with van der Waals surface area (Å²) >= 11 is 0. The van der Waals surface area contributed by atoms with Crippen molar-refractivity contribution in [3.63, 3.8) is 0 Å². The third-order valence-corrected chi connectivity index (χ3v) is 3.88. The molecular formula is C21H19NO. The van der Waals surface area contributed by atoms with Gasteiger partial charge in [-0.05, 0) is 34.9 Å². The van der Waals surface area contributed by atoms with Crippen molar-refractivity contribution in [1.29, 1.82) is 0 Å². The molecule has 0 bridgehead atoms. The maximum atomic E-state index is 12.1. The second kappa shape index (κ2) is 6.93. The van der Waals surface area contributed by atoms with Crippen LogP contribution in [-0.2, 0) is 4.79 Å². The SMILES string of the molecule is C[C@@H](NC(=O)/C=C/c1ccccc1)c1cccc2ccccc12. The topological polar surface area (TPSA) is 29.1 Å². The Balaban J connectivity index is 1.74. The fraction of sp³-hybridized carbons (Fsp3) is 0.0952. The van der Waals surface area contributed by atoms with E-state index >= 15 is 0 Å². The first-order chi connectivity index (χ1) is 11.2. The largest absolute Gasteiger partial charge is 0.346 e. The van der Waals surface area contributed by atoms with Gasteiger partial charge in [0.2, 0.25) is 5.91 Å². The Kier molecular flexibility index (Phi) is 4.53. The summed E-state index contributed by atoms with van der Waals surface area (Å²) in [5, 5.41) is 5.39. The normalized spacial score (nSPS) is 12.4. The predicted molar refractivity (Wildman–Crippen MR) is 96.0 cm³/mol. The first-order valence-electron chi connectivity index (χ1n) is 7.75. The third kappa shape index (κ3) is 3.67. The lowest BCUT2D eigenvalue weighted by atomic mass is 10.00. The van der Waals surface area contributed by atoms with Crippen molar-refractivity contribution >= 4 is 22.8 Å². The van der Waals surface area contributed by atoms with Crippen LogP contribution >= 0.6 is 0 Å². The van der Waals surface area contributed by atoms with Gasteiger partial charge in [-0.3, -0.25) is 4.79 Å². The zero-order valence-electron chi connectivity index (χ0n) is 13.1. The van der Waals surface area contributed by atoms with E-state index in [2.05, 4.69) is 29.6 Å². The first kappa shape index (κ1) is 15.0. The molecule has 3 rings (SSSR count). The Hall–Kier alpha value is -2.87. The number of hydrogen-bond donors (Lipinski definition) is 1. The van der Waals surface area contributed by atoms with Gasteiger partial charge >= 0.3 is 0 Å². The minimum atomic E-state index is -0.0886. The molecule has 2 heteroatoms. The highest BCUT2D eigenvalue weighted by atomic mass is 16.1. The Morgan fingerprint density at radius 1 is 0.913 bits per heavy atom. The van der Waals surface area contributed by atoms with Crippen molar-refractivity contribution in [2.45, 2.75) is 13.0 Å². The van der Waals surface area contributed by atoms with Gasteiger partial charge in [0.1, 0.15) is 0 Å². The van der Waals surface area contributed by atoms with Gasteiger partial charge in [0.05, 0.1) is 6.04 Å². The van der Waals surface area contributed by atoms with Gasteiger partial charge in [0.15, 0.2) is 0 Å². The van der Waals surface area contributed by atoms with Crippen LogP contribution in [0.15, 0.2) is 78.9 Å². The summed E-state index contributed by atoms with van der Waals surface area (Å²) in [5.41, 5.74) is 2.14. The zero-order valence-corrected chi connectivity index (χ0v) is 13.1. The summed E-state index contributed by atoms with van der Waals surface area (Å²) in [6.45, 7) is 2.01. The zero-order chi connectivity index (χ0) is 16.1. The van der Waals surface area contributed by atoms with Gasteiger partial charge in [-0.15, -0.1) is 0 Å². The third-order valence-electron chi connectivity index (χ3n) is 3.88. The minimum Gasteiger partial charge on any atom is -0.346 e. The molecule has 23 heavy (non-hydrogen) atoms. The molecule has 0 aliphatic rings. The lowest BCUT2D eigenvalue weighted by Crippen LogP contribution is -2.24. The molecule has 0 aliphatic carbocycles. The minimum absolute atomic E-state index is 0.0472. The summed E-state index contributed by atoms with van der Waals surface area (Å²) < 4.78 is 0. The lowest BCUT2D eigenvalue weighted by molar-refractivity contribution is -0.117. The van der Waals surface area contributed by atoms with E-state index in [0.29, 0.717) is 0 Å². The Labute approximate surface area is 136 Å². The van der Waals surface area contributed by atoms with Crippen molar-refractivity contribution in [2.75, 3.05) is 0 Å². The van der Waals surface area contributed by atoms with Crippen molar-refractivity contribution in [3.05, 3.63) is 90.0 Å². The van der Waals surface area contributed by atoms with E-state index in [1.165, 1.54) is 10.8 Å². The molecule has 0 heterocycles. The Bertz CT molecular complexity index is 831. The highest BCUT2D eigenvalue weighted by molar-refractivity contribution is 5.93. The maximum Gasteiger partial charge on any atom is 0.244 e. The van der Waals surface area contributed by atoms with Gasteiger partial charge < -0.3 is 5.32 Å². The quantitative estimate of drug-likeness (QED) is 0.693. The number of hydrogen-bond acceptors (Lipinski definition) is 1. The molecule has 2 nitrogen and oxygen atoms in total. The molecule has 0 aliphatic heterocycles. The highest BCUT2D eigenvalue weighted by Gasteiger charge is 2.10. The summed E-state index contributed by atoms with van der Waals surface area (Å²) in [7, 11) is 0. The number of amides is 1. The van der Waals surface area contributed by atoms with Gasteiger partial charge in [-0.2, -0.15) is 0 Å². The predicted octanol–water partition coefficient (Wildman–Crippen LogP) is 4.73. The second-order valence-electron chi connectivity index (χ2n) is 5.54. The van der Waals surface area contributed by atoms with Crippen LogP contribution in [0.2, 0.25) is 0 Å². The van der Waals surface area contributed by atoms with Crippen LogP contribution in [0.5, 0.6) is 0 Å². The average Bonchev–Trinajstić information content (AvgIpc) is 2.60. The first-order valence-corrected chi connectivity index (χ1v) is 7.75. The molecule has 1 amide bonds. The number of carbonyl (C=O) groups excluding carboxylic acids is 1. The molecule has 0 saturated carbocycles. The molecule has 0 radical (unpaired) electrons. The molecule has 1 N–H and O–H groups in total. The van der Waals surface area contributed by atoms with E-state index in [9.17, 15) is 4.79 Å². The van der Waals surface area contributed by atoms with Gasteiger partial charge in [0, 0.05) is 6.08 Å². The molecule has 3 aromatic rings. The fourth-order valence-electron chi connectivity index (χ4n) is 2.70. The van der Waals surface area contributed by atoms with Crippen LogP contribution in [0.1, 0.15) is 24.1 Å². The van der Waals surface area contributed by atoms with Crippen molar-refractivity contribution in [2.24, 2.45) is 0 Å². The van der Waals surface area contributed by atoms with E-state index in [0.717, 1.165) is 11.1 Å². The van der Waals surface area contributed by atoms with Gasteiger partial charge in [-0.1, -0.05) is 72.8 Å². The monoisotopic (exact) mass is 301 g/mol. The fourth-order valence-corrected chi connectivity index (χ4v) is 2.70. The Morgan fingerprint density at radius 2 is 1.61 bits per heavy atom. The number of carbonyl (C=O) groups is 1. The van der Waals surface area contributed by atoms with Crippen LogP contribution in [0.3, 0.4) is 0 Å². The van der Waals surface area contributed by atoms with Crippen molar-refractivity contribution in [3.8, 4) is 0 Å². The van der Waals surface area contributed by atoms with E-state index in [1.54, 1.807) is 6.08 Å². The molecular weight excluding hydrogens is 282 g/mol. The molecule has 3 aromatic carbocycles. The standard InChI is InChI=1S/C21H19NO/c1-16(19-13-7-11-18-10-5-6-12-20(18)19)22-21(23)15-14-17-8-3-2-4-9-17/h2-16H,1H3,(H,22,23)/b15-14+/t16-/m1/s1. The van der Waals surface area contributed by atoms with E-state index in [-0.39, 0.29) is 11.9 Å². The summed E-state index contributed by atoms with van der Waals surface area (Å²) in [6, 6.07) is 24.2. The molecule has 0 aromatic heterocycles. The van der Waals surface area contributed by atoms with Crippen molar-refractivity contribution in [1.82, 2.24) is 5.32 Å².